The highest BCUT2D eigenvalue weighted by Gasteiger charge is 2.22. The fourth-order valence-electron chi connectivity index (χ4n) is 1.95. The lowest BCUT2D eigenvalue weighted by molar-refractivity contribution is -0.677. The number of hydrogen-bond acceptors (Lipinski definition) is 4. The van der Waals surface area contributed by atoms with E-state index in [4.69, 9.17) is 8.94 Å². The molecule has 0 aliphatic rings. The molecule has 20 heavy (non-hydrogen) atoms. The van der Waals surface area contributed by atoms with Crippen molar-refractivity contribution >= 4 is 0 Å². The van der Waals surface area contributed by atoms with Gasteiger partial charge in [0, 0.05) is 12.1 Å². The average Bonchev–Trinajstić information content (AvgIpc) is 3.11. The number of hydrogen-bond donors (Lipinski definition) is 2. The summed E-state index contributed by atoms with van der Waals surface area (Å²) in [5.74, 6) is 0.816. The normalized spacial score (nSPS) is 10.8. The van der Waals surface area contributed by atoms with Gasteiger partial charge in [0.25, 0.3) is 0 Å². The molecule has 1 aromatic carbocycles. The molecule has 0 unspecified atom stereocenters. The van der Waals surface area contributed by atoms with Crippen molar-refractivity contribution in [1.82, 2.24) is 10.6 Å². The lowest BCUT2D eigenvalue weighted by atomic mass is 10.3. The number of para-hydroxylation sites is 1. The second-order valence-corrected chi connectivity index (χ2v) is 4.28. The van der Waals surface area contributed by atoms with Gasteiger partial charge in [0.2, 0.25) is 5.69 Å². The van der Waals surface area contributed by atoms with Crippen molar-refractivity contribution in [2.75, 3.05) is 0 Å². The quantitative estimate of drug-likeness (QED) is 0.683. The first kappa shape index (κ1) is 12.4. The maximum absolute atomic E-state index is 11.7. The molecule has 2 heterocycles. The molecule has 2 aromatic heterocycles. The molecule has 0 aliphatic heterocycles. The van der Waals surface area contributed by atoms with Crippen LogP contribution in [0.2, 0.25) is 0 Å². The molecule has 0 bridgehead atoms. The molecule has 6 heteroatoms. The van der Waals surface area contributed by atoms with Crippen LogP contribution < -0.4 is 15.6 Å². The van der Waals surface area contributed by atoms with E-state index in [0.717, 1.165) is 11.4 Å². The minimum absolute atomic E-state index is 0.376. The number of furan rings is 1. The summed E-state index contributed by atoms with van der Waals surface area (Å²) in [5.41, 5.74) is 0.955. The summed E-state index contributed by atoms with van der Waals surface area (Å²) in [6.07, 6.45) is 1.62. The van der Waals surface area contributed by atoms with E-state index >= 15 is 0 Å². The van der Waals surface area contributed by atoms with Gasteiger partial charge >= 0.3 is 11.3 Å². The molecule has 6 nitrogen and oxygen atoms in total. The highest BCUT2D eigenvalue weighted by atomic mass is 16.5. The predicted molar refractivity (Wildman–Crippen MR) is 70.1 cm³/mol. The van der Waals surface area contributed by atoms with E-state index in [1.165, 1.54) is 0 Å². The molecule has 0 saturated heterocycles. The minimum Gasteiger partial charge on any atom is -0.468 e. The van der Waals surface area contributed by atoms with E-state index in [1.807, 2.05) is 42.5 Å². The molecule has 3 rings (SSSR count). The van der Waals surface area contributed by atoms with Crippen LogP contribution in [0, 0.1) is 0 Å². The lowest BCUT2D eigenvalue weighted by Gasteiger charge is -1.97. The van der Waals surface area contributed by atoms with Crippen LogP contribution in [-0.2, 0) is 13.1 Å². The second-order valence-electron chi connectivity index (χ2n) is 4.28. The zero-order chi connectivity index (χ0) is 13.8. The maximum atomic E-state index is 11.7. The molecule has 0 saturated carbocycles. The number of nitrogens with zero attached hydrogens (tertiary/aromatic N) is 1. The van der Waals surface area contributed by atoms with Crippen LogP contribution in [0.15, 0.2) is 62.5 Å². The first-order valence-corrected chi connectivity index (χ1v) is 6.25. The Hall–Kier alpha value is -2.60. The van der Waals surface area contributed by atoms with Gasteiger partial charge in [0.15, 0.2) is 0 Å². The summed E-state index contributed by atoms with van der Waals surface area (Å²) in [7, 11) is 0. The summed E-state index contributed by atoms with van der Waals surface area (Å²) in [6.45, 7) is 0.924. The third kappa shape index (κ3) is 2.55. The molecule has 102 valence electrons. The monoisotopic (exact) mass is 272 g/mol. The predicted octanol–water partition coefficient (Wildman–Crippen LogP) is 1.13. The van der Waals surface area contributed by atoms with Crippen LogP contribution in [0.4, 0.5) is 0 Å². The van der Waals surface area contributed by atoms with Gasteiger partial charge in [-0.2, -0.15) is 0 Å². The number of rotatable bonds is 5. The second kappa shape index (κ2) is 5.58. The first-order chi connectivity index (χ1) is 9.84. The van der Waals surface area contributed by atoms with Crippen LogP contribution in [0.25, 0.3) is 5.69 Å². The van der Waals surface area contributed by atoms with Crippen LogP contribution in [0.5, 0.6) is 0 Å². The van der Waals surface area contributed by atoms with E-state index < -0.39 is 0 Å². The van der Waals surface area contributed by atoms with Crippen molar-refractivity contribution in [3.63, 3.8) is 0 Å². The number of aromatic nitrogens is 2. The van der Waals surface area contributed by atoms with Crippen molar-refractivity contribution in [1.29, 1.82) is 0 Å². The molecule has 0 radical (unpaired) electrons. The highest BCUT2D eigenvalue weighted by molar-refractivity contribution is 5.21. The zero-order valence-corrected chi connectivity index (χ0v) is 10.7. The summed E-state index contributed by atoms with van der Waals surface area (Å²) in [4.78, 5) is 11.7. The summed E-state index contributed by atoms with van der Waals surface area (Å²) in [5, 5.41) is 5.75. The Balaban J connectivity index is 1.76. The molecule has 0 spiro atoms. The summed E-state index contributed by atoms with van der Waals surface area (Å²) < 4.78 is 11.7. The molecule has 2 N–H and O–H groups in total. The fraction of sp³-hybridized carbons (Fsp3) is 0.143. The summed E-state index contributed by atoms with van der Waals surface area (Å²) >= 11 is 0. The largest absolute Gasteiger partial charge is 0.468 e. The van der Waals surface area contributed by atoms with E-state index in [9.17, 15) is 4.79 Å². The standard InChI is InChI=1S/C14H13N3O3/c18-14-13(10-15-9-12-7-4-8-19-12)17(16-20-14)11-5-2-1-3-6-11/h1-8,15H,9-10H2/p+1. The SMILES string of the molecule is O=c1o[nH][n+](-c2ccccc2)c1CNCc1ccco1. The van der Waals surface area contributed by atoms with E-state index in [-0.39, 0.29) is 5.63 Å². The highest BCUT2D eigenvalue weighted by Crippen LogP contribution is 2.00. The molecule has 0 fully saturated rings. The van der Waals surface area contributed by atoms with Crippen molar-refractivity contribution in [3.8, 4) is 5.69 Å². The first-order valence-electron chi connectivity index (χ1n) is 6.25. The molecule has 0 aliphatic carbocycles. The number of H-pyrrole nitrogens is 1. The van der Waals surface area contributed by atoms with E-state index in [2.05, 4.69) is 10.6 Å². The maximum Gasteiger partial charge on any atom is 0.431 e. The van der Waals surface area contributed by atoms with E-state index in [1.54, 1.807) is 10.9 Å². The van der Waals surface area contributed by atoms with Crippen LogP contribution >= 0.6 is 0 Å². The molecular weight excluding hydrogens is 258 g/mol. The van der Waals surface area contributed by atoms with E-state index in [0.29, 0.717) is 18.8 Å². The molecule has 3 aromatic rings. The van der Waals surface area contributed by atoms with Gasteiger partial charge in [-0.05, 0) is 22.1 Å². The van der Waals surface area contributed by atoms with Gasteiger partial charge in [-0.15, -0.1) is 0 Å². The molecular formula is C14H14N3O3+. The number of benzene rings is 1. The Morgan fingerprint density at radius 1 is 1.10 bits per heavy atom. The van der Waals surface area contributed by atoms with Crippen LogP contribution in [0.1, 0.15) is 11.5 Å². The lowest BCUT2D eigenvalue weighted by Crippen LogP contribution is -2.40. The van der Waals surface area contributed by atoms with Crippen LogP contribution in [-0.4, -0.2) is 5.27 Å². The van der Waals surface area contributed by atoms with Crippen molar-refractivity contribution in [2.45, 2.75) is 13.1 Å². The minimum atomic E-state index is -0.388. The number of aromatic amines is 1. The topological polar surface area (TPSA) is 75.1 Å². The molecule has 0 atom stereocenters. The van der Waals surface area contributed by atoms with Gasteiger partial charge in [-0.25, -0.2) is 4.79 Å². The Morgan fingerprint density at radius 2 is 1.95 bits per heavy atom. The average molecular weight is 272 g/mol. The van der Waals surface area contributed by atoms with Crippen LogP contribution in [0.3, 0.4) is 0 Å². The smallest absolute Gasteiger partial charge is 0.431 e. The zero-order valence-electron chi connectivity index (χ0n) is 10.7. The van der Waals surface area contributed by atoms with Crippen molar-refractivity contribution < 1.29 is 13.6 Å². The van der Waals surface area contributed by atoms with Crippen molar-refractivity contribution in [2.24, 2.45) is 0 Å². The van der Waals surface area contributed by atoms with Gasteiger partial charge < -0.3 is 9.73 Å². The Bertz CT molecular complexity index is 714. The Morgan fingerprint density at radius 3 is 2.70 bits per heavy atom. The third-order valence-corrected chi connectivity index (χ3v) is 2.92. The van der Waals surface area contributed by atoms with Gasteiger partial charge in [0.05, 0.1) is 19.4 Å². The Labute approximate surface area is 114 Å². The summed E-state index contributed by atoms with van der Waals surface area (Å²) in [6, 6.07) is 13.2. The van der Waals surface area contributed by atoms with Gasteiger partial charge in [0.1, 0.15) is 5.76 Å². The third-order valence-electron chi connectivity index (χ3n) is 2.92. The number of nitrogens with one attached hydrogen (secondary N) is 2. The van der Waals surface area contributed by atoms with Gasteiger partial charge in [-0.3, -0.25) is 4.52 Å². The van der Waals surface area contributed by atoms with Crippen molar-refractivity contribution in [3.05, 3.63) is 70.6 Å². The fourth-order valence-corrected chi connectivity index (χ4v) is 1.95. The van der Waals surface area contributed by atoms with Gasteiger partial charge in [-0.1, -0.05) is 18.2 Å². The Kier molecular flexibility index (Phi) is 3.47. The molecule has 0 amide bonds.